The predicted molar refractivity (Wildman–Crippen MR) is 163 cm³/mol. The van der Waals surface area contributed by atoms with Crippen molar-refractivity contribution >= 4 is 33.2 Å². The largest absolute Gasteiger partial charge is 0.383 e. The van der Waals surface area contributed by atoms with Crippen LogP contribution in [0.2, 0.25) is 0 Å². The topological polar surface area (TPSA) is 125 Å². The summed E-state index contributed by atoms with van der Waals surface area (Å²) in [4.78, 5) is 8.81. The van der Waals surface area contributed by atoms with Crippen molar-refractivity contribution in [2.45, 2.75) is 51.6 Å². The van der Waals surface area contributed by atoms with E-state index < -0.39 is 6.04 Å². The van der Waals surface area contributed by atoms with Crippen LogP contribution in [-0.2, 0) is 0 Å². The van der Waals surface area contributed by atoms with Gasteiger partial charge in [-0.3, -0.25) is 15.0 Å². The first-order valence-corrected chi connectivity index (χ1v) is 14.5. The van der Waals surface area contributed by atoms with Crippen LogP contribution >= 0.6 is 0 Å². The Morgan fingerprint density at radius 1 is 1.07 bits per heavy atom. The highest BCUT2D eigenvalue weighted by Gasteiger charge is 2.60. The molecule has 0 amide bonds. The van der Waals surface area contributed by atoms with Gasteiger partial charge in [0.1, 0.15) is 23.5 Å². The average molecular weight is 574 g/mol. The van der Waals surface area contributed by atoms with E-state index in [4.69, 9.17) is 0 Å². The van der Waals surface area contributed by atoms with Crippen LogP contribution in [0, 0.1) is 39.8 Å². The molecule has 0 unspecified atom stereocenters. The van der Waals surface area contributed by atoms with Gasteiger partial charge in [-0.15, -0.1) is 5.53 Å². The van der Waals surface area contributed by atoms with Gasteiger partial charge in [0.25, 0.3) is 0 Å². The number of hydrogen-bond donors (Lipinski definition) is 4. The quantitative estimate of drug-likeness (QED) is 0.211. The van der Waals surface area contributed by atoms with Gasteiger partial charge in [0.15, 0.2) is 0 Å². The maximum atomic E-state index is 14.8. The molecule has 1 atom stereocenters. The van der Waals surface area contributed by atoms with Crippen LogP contribution in [0.25, 0.3) is 21.8 Å². The fourth-order valence-corrected chi connectivity index (χ4v) is 6.46. The minimum absolute atomic E-state index is 0.0428. The zero-order valence-corrected chi connectivity index (χ0v) is 24.3. The number of aromatic nitrogens is 2. The number of rotatable bonds is 7. The van der Waals surface area contributed by atoms with Gasteiger partial charge in [-0.25, -0.2) is 4.39 Å². The standard InChI is InChI=1S/C33H32FN9/c1-32(2,3)18-39-29-21(15-36)16-38-28-20(14-35)9-22(10-25(28)29)40-31(24-6-7-26(34)30-23(24)5-4-8-37-30)27-17-43(42-41-27)33-11-19(12-33)13-33/h4-10,16-17,19,31,40-42H,11-13,18H2,1-3H3,(H,38,39)/t19?,31-,33?/m0/s1. The Balaban J connectivity index is 1.36. The Morgan fingerprint density at radius 2 is 1.86 bits per heavy atom. The molecule has 3 heterocycles. The summed E-state index contributed by atoms with van der Waals surface area (Å²) in [5.41, 5.74) is 11.4. The summed E-state index contributed by atoms with van der Waals surface area (Å²) >= 11 is 0. The average Bonchev–Trinajstić information content (AvgIpc) is 3.42. The molecular weight excluding hydrogens is 541 g/mol. The van der Waals surface area contributed by atoms with Crippen LogP contribution in [0.15, 0.2) is 60.7 Å². The number of pyridine rings is 2. The molecule has 0 saturated heterocycles. The summed E-state index contributed by atoms with van der Waals surface area (Å²) in [5.74, 6) is 0.428. The van der Waals surface area contributed by atoms with Crippen molar-refractivity contribution in [2.75, 3.05) is 17.2 Å². The maximum Gasteiger partial charge on any atom is 0.149 e. The van der Waals surface area contributed by atoms with E-state index in [-0.39, 0.29) is 16.8 Å². The highest BCUT2D eigenvalue weighted by atomic mass is 19.1. The minimum atomic E-state index is -0.445. The Kier molecular flexibility index (Phi) is 6.15. The van der Waals surface area contributed by atoms with Gasteiger partial charge >= 0.3 is 0 Å². The number of nitrogens with one attached hydrogen (secondary N) is 4. The minimum Gasteiger partial charge on any atom is -0.383 e. The molecule has 9 nitrogen and oxygen atoms in total. The maximum absolute atomic E-state index is 14.8. The number of halogens is 1. The summed E-state index contributed by atoms with van der Waals surface area (Å²) in [7, 11) is 0. The van der Waals surface area contributed by atoms with E-state index >= 15 is 0 Å². The van der Waals surface area contributed by atoms with Crippen molar-refractivity contribution in [1.82, 2.24) is 25.9 Å². The number of benzene rings is 2. The van der Waals surface area contributed by atoms with Gasteiger partial charge in [0.05, 0.1) is 39.6 Å². The number of hydrogen-bond acceptors (Lipinski definition) is 9. The molecule has 8 rings (SSSR count). The molecule has 0 spiro atoms. The number of nitriles is 2. The van der Waals surface area contributed by atoms with E-state index in [9.17, 15) is 14.9 Å². The van der Waals surface area contributed by atoms with Crippen LogP contribution in [0.5, 0.6) is 0 Å². The second-order valence-electron chi connectivity index (χ2n) is 13.1. The molecule has 3 fully saturated rings. The first-order valence-electron chi connectivity index (χ1n) is 14.5. The first-order chi connectivity index (χ1) is 20.7. The molecule has 2 aromatic heterocycles. The molecule has 0 radical (unpaired) electrons. The lowest BCUT2D eigenvalue weighted by molar-refractivity contribution is -0.141. The molecule has 1 aliphatic heterocycles. The summed E-state index contributed by atoms with van der Waals surface area (Å²) in [6, 6.07) is 14.7. The highest BCUT2D eigenvalue weighted by Crippen LogP contribution is 2.60. The van der Waals surface area contributed by atoms with Crippen molar-refractivity contribution in [3.63, 3.8) is 0 Å². The van der Waals surface area contributed by atoms with Crippen LogP contribution in [-0.4, -0.2) is 27.1 Å². The summed E-state index contributed by atoms with van der Waals surface area (Å²) < 4.78 is 14.8. The SMILES string of the molecule is CC(C)(C)CNc1c(C#N)cnc2c(C#N)cc(N[C@H](C3=CN(C45CC(C4)C5)NN3)c3ccc(F)c4ncccc34)cc12. The number of hydrazine groups is 2. The van der Waals surface area contributed by atoms with Crippen molar-refractivity contribution in [2.24, 2.45) is 11.3 Å². The van der Waals surface area contributed by atoms with Crippen molar-refractivity contribution in [1.29, 1.82) is 10.5 Å². The van der Waals surface area contributed by atoms with Crippen molar-refractivity contribution in [3.8, 4) is 12.1 Å². The van der Waals surface area contributed by atoms with Crippen molar-refractivity contribution < 1.29 is 4.39 Å². The molecule has 2 bridgehead atoms. The highest BCUT2D eigenvalue weighted by molar-refractivity contribution is 5.99. The number of anilines is 2. The van der Waals surface area contributed by atoms with Gasteiger partial charge < -0.3 is 16.1 Å². The number of nitrogens with zero attached hydrogens (tertiary/aromatic N) is 5. The van der Waals surface area contributed by atoms with Crippen molar-refractivity contribution in [3.05, 3.63) is 83.2 Å². The second-order valence-corrected chi connectivity index (χ2v) is 13.1. The molecule has 43 heavy (non-hydrogen) atoms. The zero-order valence-electron chi connectivity index (χ0n) is 24.3. The van der Waals surface area contributed by atoms with E-state index in [1.807, 2.05) is 12.1 Å². The first kappa shape index (κ1) is 26.9. The summed E-state index contributed by atoms with van der Waals surface area (Å²) in [6.07, 6.45) is 8.70. The molecule has 4 aromatic rings. The number of fused-ring (bicyclic) bond motifs is 2. The third kappa shape index (κ3) is 4.55. The Bertz CT molecular complexity index is 1880. The second kappa shape index (κ2) is 9.82. The molecule has 3 aliphatic carbocycles. The lowest BCUT2D eigenvalue weighted by Crippen LogP contribution is -2.69. The smallest absolute Gasteiger partial charge is 0.149 e. The lowest BCUT2D eigenvalue weighted by Gasteiger charge is -2.64. The fourth-order valence-electron chi connectivity index (χ4n) is 6.46. The Labute approximate surface area is 249 Å². The van der Waals surface area contributed by atoms with E-state index in [0.717, 1.165) is 17.2 Å². The molecule has 10 heteroatoms. The normalized spacial score (nSPS) is 21.2. The lowest BCUT2D eigenvalue weighted by atomic mass is 9.49. The molecule has 4 N–H and O–H groups in total. The van der Waals surface area contributed by atoms with E-state index in [1.54, 1.807) is 24.4 Å². The zero-order chi connectivity index (χ0) is 29.9. The van der Waals surface area contributed by atoms with E-state index in [0.29, 0.717) is 50.9 Å². The van der Waals surface area contributed by atoms with Gasteiger partial charge in [-0.1, -0.05) is 32.9 Å². The summed E-state index contributed by atoms with van der Waals surface area (Å²) in [6.45, 7) is 6.96. The van der Waals surface area contributed by atoms with Crippen LogP contribution in [0.4, 0.5) is 15.8 Å². The van der Waals surface area contributed by atoms with Gasteiger partial charge in [-0.2, -0.15) is 10.5 Å². The molecule has 4 aliphatic rings. The van der Waals surface area contributed by atoms with Crippen LogP contribution in [0.3, 0.4) is 0 Å². The molecule has 3 saturated carbocycles. The van der Waals surface area contributed by atoms with E-state index in [1.165, 1.54) is 31.5 Å². The molecule has 216 valence electrons. The molecular formula is C33H32FN9. The monoisotopic (exact) mass is 573 g/mol. The Hall–Kier alpha value is -4.93. The van der Waals surface area contributed by atoms with Gasteiger partial charge in [0.2, 0.25) is 0 Å². The third-order valence-corrected chi connectivity index (χ3v) is 8.80. The van der Waals surface area contributed by atoms with Gasteiger partial charge in [0, 0.05) is 41.6 Å². The van der Waals surface area contributed by atoms with Gasteiger partial charge in [-0.05, 0) is 60.4 Å². The van der Waals surface area contributed by atoms with E-state index in [2.05, 4.69) is 75.7 Å². The van der Waals surface area contributed by atoms with Crippen LogP contribution in [0.1, 0.15) is 62.8 Å². The third-order valence-electron chi connectivity index (χ3n) is 8.80. The predicted octanol–water partition coefficient (Wildman–Crippen LogP) is 6.00. The fraction of sp³-hybridized carbons (Fsp3) is 0.333. The molecule has 2 aromatic carbocycles. The Morgan fingerprint density at radius 3 is 2.56 bits per heavy atom. The van der Waals surface area contributed by atoms with Crippen LogP contribution < -0.4 is 21.6 Å². The summed E-state index contributed by atoms with van der Waals surface area (Å²) in [5, 5.41) is 30.7.